The quantitative estimate of drug-likeness (QED) is 0.808. The van der Waals surface area contributed by atoms with Crippen molar-refractivity contribution in [3.63, 3.8) is 0 Å². The largest absolute Gasteiger partial charge is 0.469 e. The van der Waals surface area contributed by atoms with Crippen LogP contribution in [0.2, 0.25) is 0 Å². The first-order chi connectivity index (χ1) is 10.7. The highest BCUT2D eigenvalue weighted by atomic mass is 19.4. The molecule has 0 aromatic heterocycles. The van der Waals surface area contributed by atoms with Gasteiger partial charge in [-0.1, -0.05) is 6.92 Å². The molecule has 0 heterocycles. The van der Waals surface area contributed by atoms with Crippen molar-refractivity contribution >= 4 is 11.9 Å². The van der Waals surface area contributed by atoms with Crippen LogP contribution in [0.5, 0.6) is 0 Å². The van der Waals surface area contributed by atoms with Gasteiger partial charge < -0.3 is 14.7 Å². The van der Waals surface area contributed by atoms with E-state index in [1.54, 1.807) is 6.92 Å². The summed E-state index contributed by atoms with van der Waals surface area (Å²) in [6.07, 6.45) is -4.48. The molecule has 128 valence electrons. The molecular formula is C15H18F3NO4. The van der Waals surface area contributed by atoms with Gasteiger partial charge in [-0.05, 0) is 24.3 Å². The van der Waals surface area contributed by atoms with E-state index >= 15 is 0 Å². The molecule has 0 spiro atoms. The molecule has 0 saturated heterocycles. The average molecular weight is 333 g/mol. The predicted molar refractivity (Wildman–Crippen MR) is 75.6 cm³/mol. The number of benzene rings is 1. The molecule has 23 heavy (non-hydrogen) atoms. The first-order valence-electron chi connectivity index (χ1n) is 6.86. The molecule has 5 nitrogen and oxygen atoms in total. The molecule has 0 aliphatic rings. The highest BCUT2D eigenvalue weighted by Gasteiger charge is 2.30. The molecule has 0 aliphatic carbocycles. The zero-order valence-corrected chi connectivity index (χ0v) is 12.8. The Bertz CT molecular complexity index is 543. The highest BCUT2D eigenvalue weighted by molar-refractivity contribution is 5.94. The van der Waals surface area contributed by atoms with Crippen LogP contribution >= 0.6 is 0 Å². The number of halogens is 3. The molecule has 0 saturated carbocycles. The number of alkyl halides is 3. The molecule has 0 fully saturated rings. The Morgan fingerprint density at radius 2 is 1.83 bits per heavy atom. The van der Waals surface area contributed by atoms with E-state index in [1.165, 1.54) is 12.0 Å². The standard InChI is InChI=1S/C15H18F3NO4/c1-10(14(22)23-2)9-19(7-8-20)13(21)11-3-5-12(6-4-11)15(16,17)18/h3-6,10,20H,7-9H2,1-2H3. The van der Waals surface area contributed by atoms with Gasteiger partial charge in [0, 0.05) is 18.7 Å². The van der Waals surface area contributed by atoms with Crippen molar-refractivity contribution in [1.29, 1.82) is 0 Å². The Labute approximate surface area is 131 Å². The minimum absolute atomic E-state index is 0.00686. The summed E-state index contributed by atoms with van der Waals surface area (Å²) in [7, 11) is 1.22. The molecule has 8 heteroatoms. The van der Waals surface area contributed by atoms with Crippen molar-refractivity contribution in [2.45, 2.75) is 13.1 Å². The molecular weight excluding hydrogens is 315 g/mol. The smallest absolute Gasteiger partial charge is 0.416 e. The van der Waals surface area contributed by atoms with Crippen LogP contribution in [0.1, 0.15) is 22.8 Å². The van der Waals surface area contributed by atoms with Gasteiger partial charge in [-0.2, -0.15) is 13.2 Å². The van der Waals surface area contributed by atoms with Crippen LogP contribution < -0.4 is 0 Å². The normalized spacial score (nSPS) is 12.6. The maximum absolute atomic E-state index is 12.5. The van der Waals surface area contributed by atoms with Crippen LogP contribution in [0, 0.1) is 5.92 Å². The summed E-state index contributed by atoms with van der Waals surface area (Å²) in [5, 5.41) is 9.03. The number of hydrogen-bond acceptors (Lipinski definition) is 4. The zero-order chi connectivity index (χ0) is 17.6. The van der Waals surface area contributed by atoms with E-state index in [2.05, 4.69) is 4.74 Å². The van der Waals surface area contributed by atoms with Crippen molar-refractivity contribution in [2.75, 3.05) is 26.8 Å². The van der Waals surface area contributed by atoms with Gasteiger partial charge >= 0.3 is 12.1 Å². The van der Waals surface area contributed by atoms with Crippen LogP contribution in [0.25, 0.3) is 0 Å². The number of amides is 1. The Morgan fingerprint density at radius 3 is 2.26 bits per heavy atom. The van der Waals surface area contributed by atoms with E-state index in [0.717, 1.165) is 24.3 Å². The lowest BCUT2D eigenvalue weighted by atomic mass is 10.1. The second-order valence-electron chi connectivity index (χ2n) is 4.97. The third-order valence-electron chi connectivity index (χ3n) is 3.21. The molecule has 1 unspecified atom stereocenters. The SMILES string of the molecule is COC(=O)C(C)CN(CCO)C(=O)c1ccc(C(F)(F)F)cc1. The Kier molecular flexibility index (Phi) is 6.56. The summed E-state index contributed by atoms with van der Waals surface area (Å²) in [4.78, 5) is 24.9. The molecule has 1 aromatic rings. The number of methoxy groups -OCH3 is 1. The van der Waals surface area contributed by atoms with E-state index in [9.17, 15) is 22.8 Å². The topological polar surface area (TPSA) is 66.8 Å². The fraction of sp³-hybridized carbons (Fsp3) is 0.467. The molecule has 0 aliphatic heterocycles. The van der Waals surface area contributed by atoms with Gasteiger partial charge in [-0.3, -0.25) is 9.59 Å². The Balaban J connectivity index is 2.91. The Morgan fingerprint density at radius 1 is 1.26 bits per heavy atom. The third-order valence-corrected chi connectivity index (χ3v) is 3.21. The lowest BCUT2D eigenvalue weighted by Gasteiger charge is -2.24. The summed E-state index contributed by atoms with van der Waals surface area (Å²) in [6.45, 7) is 1.17. The number of aliphatic hydroxyl groups excluding tert-OH is 1. The number of carbonyl (C=O) groups excluding carboxylic acids is 2. The molecule has 1 rings (SSSR count). The van der Waals surface area contributed by atoms with Crippen molar-refractivity contribution < 1.29 is 32.6 Å². The summed E-state index contributed by atoms with van der Waals surface area (Å²) < 4.78 is 42.1. The van der Waals surface area contributed by atoms with Crippen molar-refractivity contribution in [2.24, 2.45) is 5.92 Å². The van der Waals surface area contributed by atoms with Gasteiger partial charge in [-0.25, -0.2) is 0 Å². The van der Waals surface area contributed by atoms with Gasteiger partial charge in [0.05, 0.1) is 25.2 Å². The van der Waals surface area contributed by atoms with Crippen molar-refractivity contribution in [1.82, 2.24) is 4.90 Å². The molecule has 1 N–H and O–H groups in total. The second-order valence-corrected chi connectivity index (χ2v) is 4.97. The van der Waals surface area contributed by atoms with E-state index in [0.29, 0.717) is 0 Å². The van der Waals surface area contributed by atoms with Crippen molar-refractivity contribution in [3.05, 3.63) is 35.4 Å². The predicted octanol–water partition coefficient (Wildman–Crippen LogP) is 1.95. The maximum atomic E-state index is 12.5. The van der Waals surface area contributed by atoms with Gasteiger partial charge in [0.15, 0.2) is 0 Å². The first kappa shape index (κ1) is 19.0. The number of nitrogens with zero attached hydrogens (tertiary/aromatic N) is 1. The lowest BCUT2D eigenvalue weighted by molar-refractivity contribution is -0.145. The summed E-state index contributed by atoms with van der Waals surface area (Å²) in [6, 6.07) is 3.76. The van der Waals surface area contributed by atoms with E-state index in [4.69, 9.17) is 5.11 Å². The van der Waals surface area contributed by atoms with E-state index in [-0.39, 0.29) is 25.3 Å². The van der Waals surface area contributed by atoms with Gasteiger partial charge in [-0.15, -0.1) is 0 Å². The number of aliphatic hydroxyl groups is 1. The zero-order valence-electron chi connectivity index (χ0n) is 12.8. The van der Waals surface area contributed by atoms with Gasteiger partial charge in [0.2, 0.25) is 0 Å². The Hall–Kier alpha value is -2.09. The average Bonchev–Trinajstić information content (AvgIpc) is 2.52. The molecule has 1 amide bonds. The summed E-state index contributed by atoms with van der Waals surface area (Å²) >= 11 is 0. The number of esters is 1. The minimum atomic E-state index is -4.48. The van der Waals surface area contributed by atoms with Crippen LogP contribution in [0.4, 0.5) is 13.2 Å². The van der Waals surface area contributed by atoms with Crippen LogP contribution in [-0.2, 0) is 15.7 Å². The van der Waals surface area contributed by atoms with Crippen LogP contribution in [-0.4, -0.2) is 48.7 Å². The van der Waals surface area contributed by atoms with E-state index < -0.39 is 29.5 Å². The number of rotatable bonds is 6. The lowest BCUT2D eigenvalue weighted by Crippen LogP contribution is -2.39. The maximum Gasteiger partial charge on any atom is 0.416 e. The van der Waals surface area contributed by atoms with Crippen LogP contribution in [0.15, 0.2) is 24.3 Å². The van der Waals surface area contributed by atoms with E-state index in [1.807, 2.05) is 0 Å². The van der Waals surface area contributed by atoms with Crippen LogP contribution in [0.3, 0.4) is 0 Å². The van der Waals surface area contributed by atoms with Crippen molar-refractivity contribution in [3.8, 4) is 0 Å². The van der Waals surface area contributed by atoms with Gasteiger partial charge in [0.1, 0.15) is 0 Å². The van der Waals surface area contributed by atoms with Gasteiger partial charge in [0.25, 0.3) is 5.91 Å². The number of hydrogen-bond donors (Lipinski definition) is 1. The molecule has 0 bridgehead atoms. The summed E-state index contributed by atoms with van der Waals surface area (Å²) in [5.74, 6) is -1.71. The number of carbonyl (C=O) groups is 2. The second kappa shape index (κ2) is 7.96. The molecule has 1 atom stereocenters. The number of ether oxygens (including phenoxy) is 1. The highest BCUT2D eigenvalue weighted by Crippen LogP contribution is 2.29. The first-order valence-corrected chi connectivity index (χ1v) is 6.86. The summed E-state index contributed by atoms with van der Waals surface area (Å²) in [5.41, 5.74) is -0.811. The minimum Gasteiger partial charge on any atom is -0.469 e. The fourth-order valence-electron chi connectivity index (χ4n) is 1.99. The molecule has 1 aromatic carbocycles. The fourth-order valence-corrected chi connectivity index (χ4v) is 1.99. The monoisotopic (exact) mass is 333 g/mol. The molecule has 0 radical (unpaired) electrons. The third kappa shape index (κ3) is 5.24.